The van der Waals surface area contributed by atoms with E-state index in [-0.39, 0.29) is 54.3 Å². The summed E-state index contributed by atoms with van der Waals surface area (Å²) in [7, 11) is 0. The first-order valence-corrected chi connectivity index (χ1v) is 31.1. The van der Waals surface area contributed by atoms with Crippen LogP contribution in [0.2, 0.25) is 0 Å². The second-order valence-electron chi connectivity index (χ2n) is 28.4. The van der Waals surface area contributed by atoms with Crippen LogP contribution in [0.4, 0.5) is 21.5 Å². The largest absolute Gasteiger partial charge is 0.333 e. The van der Waals surface area contributed by atoms with E-state index < -0.39 is 0 Å². The van der Waals surface area contributed by atoms with E-state index >= 15 is 0 Å². The van der Waals surface area contributed by atoms with Crippen molar-refractivity contribution < 1.29 is 24.5 Å². The molecule has 1 radical (unpaired) electrons. The average Bonchev–Trinajstić information content (AvgIpc) is 1.67. The fourth-order valence-corrected chi connectivity index (χ4v) is 14.8. The standard InChI is InChI=1S/C65H58BN4S.C13H11FN.Ir/c1-62(2,3)37-24-26-51-45(30-37)46-31-39(64(7,8)9)32-47-58(46)68(51)53-28-36(41-21-17-22-49-59(41)70-50-23-16-15-19-43(50)42-18-13-14-20-44(42)61(70)67-49)29-54-57(53)66(47)48-33-40(65(10,11)12)35-56-60(48)69(54)52-27-25-38(63(4,5)6)34-55(52)71-56;1-9-7-13(15-8-10(9)2)11-3-5-12(14)6-4-11;/h13-19,21-35H,1-12H3;3,5-8H,1-2H3;/q2*-1;. The van der Waals surface area contributed by atoms with Crippen molar-refractivity contribution in [1.82, 2.24) is 18.9 Å². The fourth-order valence-electron chi connectivity index (χ4n) is 13.6. The van der Waals surface area contributed by atoms with Gasteiger partial charge in [-0.15, -0.1) is 59.5 Å². The van der Waals surface area contributed by atoms with Gasteiger partial charge >= 0.3 is 0 Å². The minimum Gasteiger partial charge on any atom is -0.333 e. The van der Waals surface area contributed by atoms with Crippen LogP contribution < -0.4 is 21.3 Å². The van der Waals surface area contributed by atoms with Crippen LogP contribution in [-0.4, -0.2) is 25.6 Å². The molecule has 7 heterocycles. The molecule has 0 unspecified atom stereocenters. The Morgan fingerprint density at radius 1 is 0.540 bits per heavy atom. The van der Waals surface area contributed by atoms with Crippen molar-refractivity contribution in [2.24, 2.45) is 0 Å². The van der Waals surface area contributed by atoms with Gasteiger partial charge in [-0.25, -0.2) is 0 Å². The summed E-state index contributed by atoms with van der Waals surface area (Å²) < 4.78 is 17.8. The number of hydrogen-bond donors (Lipinski definition) is 0. The van der Waals surface area contributed by atoms with Crippen molar-refractivity contribution >= 4 is 112 Å². The molecule has 9 aromatic carbocycles. The van der Waals surface area contributed by atoms with Crippen molar-refractivity contribution in [3.8, 4) is 28.1 Å². The van der Waals surface area contributed by atoms with Gasteiger partial charge in [0.1, 0.15) is 0 Å². The average molecular weight is 1330 g/mol. The molecule has 3 aliphatic heterocycles. The predicted octanol–water partition coefficient (Wildman–Crippen LogP) is 18.9. The molecule has 0 spiro atoms. The van der Waals surface area contributed by atoms with Crippen molar-refractivity contribution in [3.63, 3.8) is 0 Å². The first-order valence-electron chi connectivity index (χ1n) is 30.3. The predicted molar refractivity (Wildman–Crippen MR) is 363 cm³/mol. The molecular formula is C78H69BFIrN5S-2. The molecule has 433 valence electrons. The van der Waals surface area contributed by atoms with Gasteiger partial charge < -0.3 is 18.9 Å². The van der Waals surface area contributed by atoms with Crippen LogP contribution in [0.3, 0.4) is 0 Å². The van der Waals surface area contributed by atoms with Crippen LogP contribution in [0.5, 0.6) is 0 Å². The number of benzene rings is 9. The maximum atomic E-state index is 12.7. The minimum absolute atomic E-state index is 0. The van der Waals surface area contributed by atoms with E-state index in [4.69, 9.17) is 4.98 Å². The molecule has 9 heteroatoms. The van der Waals surface area contributed by atoms with Gasteiger partial charge in [-0.05, 0) is 157 Å². The van der Waals surface area contributed by atoms with E-state index in [1.807, 2.05) is 43.9 Å². The topological polar surface area (TPSA) is 38.4 Å². The van der Waals surface area contributed by atoms with E-state index in [9.17, 15) is 4.39 Å². The maximum absolute atomic E-state index is 12.7. The van der Waals surface area contributed by atoms with Gasteiger partial charge in [-0.3, -0.25) is 9.37 Å². The zero-order valence-electron chi connectivity index (χ0n) is 52.0. The number of hydrogen-bond acceptors (Lipinski definition) is 4. The van der Waals surface area contributed by atoms with Crippen LogP contribution >= 0.6 is 11.8 Å². The molecule has 0 N–H and O–H groups in total. The number of fused-ring (bicyclic) bond motifs is 17. The van der Waals surface area contributed by atoms with Crippen LogP contribution in [0.15, 0.2) is 174 Å². The smallest absolute Gasteiger partial charge is 0.252 e. The summed E-state index contributed by atoms with van der Waals surface area (Å²) in [6, 6.07) is 64.6. The van der Waals surface area contributed by atoms with Crippen LogP contribution in [0, 0.1) is 31.8 Å². The van der Waals surface area contributed by atoms with Crippen molar-refractivity contribution in [2.75, 3.05) is 4.90 Å². The molecule has 3 aliphatic rings. The van der Waals surface area contributed by atoms with E-state index in [1.165, 1.54) is 127 Å². The van der Waals surface area contributed by atoms with Gasteiger partial charge in [0.2, 0.25) is 0 Å². The molecule has 87 heavy (non-hydrogen) atoms. The number of halogens is 1. The quantitative estimate of drug-likeness (QED) is 0.0982. The third-order valence-corrected chi connectivity index (χ3v) is 19.6. The maximum Gasteiger partial charge on any atom is 0.252 e. The number of imidazole rings is 1. The summed E-state index contributed by atoms with van der Waals surface area (Å²) in [6.07, 6.45) is 1.82. The second kappa shape index (κ2) is 19.9. The van der Waals surface area contributed by atoms with Gasteiger partial charge in [-0.1, -0.05) is 166 Å². The number of pyridine rings is 2. The molecule has 0 amide bonds. The summed E-state index contributed by atoms with van der Waals surface area (Å²) in [5, 5.41) is 6.06. The first-order chi connectivity index (χ1) is 40.9. The molecule has 13 aromatic rings. The van der Waals surface area contributed by atoms with Gasteiger partial charge in [0.25, 0.3) is 6.71 Å². The molecule has 0 bridgehead atoms. The number of rotatable bonds is 2. The molecule has 16 rings (SSSR count). The Morgan fingerprint density at radius 2 is 1.22 bits per heavy atom. The summed E-state index contributed by atoms with van der Waals surface area (Å²) in [5.41, 5.74) is 27.5. The van der Waals surface area contributed by atoms with Crippen LogP contribution in [0.25, 0.3) is 88.2 Å². The number of anilines is 3. The van der Waals surface area contributed by atoms with E-state index in [1.54, 1.807) is 6.07 Å². The Labute approximate surface area is 528 Å². The molecular weight excluding hydrogens is 1260 g/mol. The van der Waals surface area contributed by atoms with Gasteiger partial charge in [-0.2, -0.15) is 0 Å². The molecule has 0 atom stereocenters. The zero-order valence-corrected chi connectivity index (χ0v) is 55.2. The fraction of sp³-hybridized carbons (Fsp3) is 0.231. The second-order valence-corrected chi connectivity index (χ2v) is 29.5. The Hall–Kier alpha value is -7.81. The van der Waals surface area contributed by atoms with Crippen molar-refractivity contribution in [2.45, 2.75) is 128 Å². The Balaban J connectivity index is 0.000000365. The monoisotopic (exact) mass is 1330 g/mol. The number of para-hydroxylation sites is 2. The van der Waals surface area contributed by atoms with E-state index in [0.717, 1.165) is 50.0 Å². The summed E-state index contributed by atoms with van der Waals surface area (Å²) >= 11 is 1.96. The third-order valence-electron chi connectivity index (χ3n) is 18.6. The van der Waals surface area contributed by atoms with Gasteiger partial charge in [0.15, 0.2) is 0 Å². The summed E-state index contributed by atoms with van der Waals surface area (Å²) in [6.45, 7) is 32.3. The molecule has 0 saturated heterocycles. The van der Waals surface area contributed by atoms with Gasteiger partial charge in [0, 0.05) is 80.7 Å². The van der Waals surface area contributed by atoms with E-state index in [2.05, 4.69) is 241 Å². The Kier molecular flexibility index (Phi) is 13.0. The third kappa shape index (κ3) is 8.95. The number of nitrogens with zero attached hydrogens (tertiary/aromatic N) is 5. The molecule has 0 fully saturated rings. The van der Waals surface area contributed by atoms with Crippen LogP contribution in [-0.2, 0) is 41.8 Å². The minimum atomic E-state index is -0.275. The molecule has 4 aromatic heterocycles. The zero-order chi connectivity index (χ0) is 59.8. The summed E-state index contributed by atoms with van der Waals surface area (Å²) in [5.74, 6) is -0.275. The molecule has 0 aliphatic carbocycles. The Morgan fingerprint density at radius 3 is 1.95 bits per heavy atom. The van der Waals surface area contributed by atoms with Crippen molar-refractivity contribution in [3.05, 3.63) is 215 Å². The number of aromatic nitrogens is 4. The SMILES string of the molecule is CC(C)(C)c1ccc2c(c1)Sc1cc(C(C)(C)C)cc3c1N2c1cc(-c2cccc4nc5c6[c-]cccc6c6ccccc6n5c24)cc2c1B3c1cc(C(C)(C)C)cc3c4cc(C(C)(C)C)ccc4n-2c13.Cc1cnc(-c2[c-]cc(F)cc2)cc1C.[Ir]. The molecule has 0 saturated carbocycles. The first kappa shape index (κ1) is 57.0. The normalized spacial score (nSPS) is 13.5. The van der Waals surface area contributed by atoms with Crippen molar-refractivity contribution in [1.29, 1.82) is 0 Å². The molecule has 5 nitrogen and oxygen atoms in total. The van der Waals surface area contributed by atoms with Crippen LogP contribution in [0.1, 0.15) is 116 Å². The number of aryl methyl sites for hydroxylation is 2. The van der Waals surface area contributed by atoms with Gasteiger partial charge in [0.05, 0.1) is 33.6 Å². The summed E-state index contributed by atoms with van der Waals surface area (Å²) in [4.78, 5) is 15.0. The Bertz CT molecular complexity index is 5060. The van der Waals surface area contributed by atoms with E-state index in [0.29, 0.717) is 0 Å².